The molecule has 9 heteroatoms. The number of unbranched alkanes of at least 4 members (excludes halogenated alkanes) is 20. The standard InChI is InChI=1S/C48H89N2O6P/c1-6-8-10-12-14-16-18-20-22-23-24-25-26-27-28-30-32-34-36-38-40-42-48(52)49-46(45-56-57(53,54)55-44-43-50(3,4)5)47(51)41-39-37-35-33-31-29-21-19-17-15-13-11-9-7-2/h22-23,25-26,28,30,34,36,39,41,46-47,51H,6-21,24,27,29,31-33,35,37-38,40,42-45H2,1-5H3,(H-,49,52,53,54)/p+1/b23-22+,26-25+,30-28+,36-34+,41-39+/t46-,47+/m0/s1. The molecule has 0 heterocycles. The molecule has 0 aliphatic rings. The van der Waals surface area contributed by atoms with E-state index >= 15 is 0 Å². The summed E-state index contributed by atoms with van der Waals surface area (Å²) in [6.45, 7) is 4.75. The second-order valence-corrected chi connectivity index (χ2v) is 18.2. The molecule has 0 spiro atoms. The van der Waals surface area contributed by atoms with Crippen LogP contribution in [0, 0.1) is 0 Å². The smallest absolute Gasteiger partial charge is 0.387 e. The van der Waals surface area contributed by atoms with Crippen LogP contribution in [0.25, 0.3) is 0 Å². The molecular weight excluding hydrogens is 732 g/mol. The number of phosphoric acid groups is 1. The first-order chi connectivity index (χ1) is 27.5. The van der Waals surface area contributed by atoms with Gasteiger partial charge in [-0.3, -0.25) is 13.8 Å². The monoisotopic (exact) mass is 822 g/mol. The van der Waals surface area contributed by atoms with Crippen LogP contribution >= 0.6 is 7.82 Å². The quantitative estimate of drug-likeness (QED) is 0.0245. The molecule has 3 atom stereocenters. The molecule has 0 aromatic rings. The zero-order chi connectivity index (χ0) is 42.1. The molecule has 57 heavy (non-hydrogen) atoms. The zero-order valence-electron chi connectivity index (χ0n) is 37.6. The number of likely N-dealkylation sites (N-methyl/N-ethyl adjacent to an activating group) is 1. The first kappa shape index (κ1) is 55.2. The van der Waals surface area contributed by atoms with E-state index in [1.54, 1.807) is 6.08 Å². The summed E-state index contributed by atoms with van der Waals surface area (Å²) in [7, 11) is 1.53. The van der Waals surface area contributed by atoms with Crippen molar-refractivity contribution in [1.82, 2.24) is 5.32 Å². The highest BCUT2D eigenvalue weighted by Crippen LogP contribution is 2.43. The van der Waals surface area contributed by atoms with Gasteiger partial charge in [0.2, 0.25) is 5.91 Å². The Morgan fingerprint density at radius 2 is 1.00 bits per heavy atom. The molecule has 0 bridgehead atoms. The fraction of sp³-hybridized carbons (Fsp3) is 0.771. The molecule has 1 amide bonds. The summed E-state index contributed by atoms with van der Waals surface area (Å²) >= 11 is 0. The predicted molar refractivity (Wildman–Crippen MR) is 244 cm³/mol. The molecule has 0 aromatic carbocycles. The van der Waals surface area contributed by atoms with Gasteiger partial charge in [-0.15, -0.1) is 0 Å². The Hall–Kier alpha value is -1.80. The van der Waals surface area contributed by atoms with E-state index in [2.05, 4.69) is 67.8 Å². The van der Waals surface area contributed by atoms with Crippen molar-refractivity contribution < 1.29 is 32.9 Å². The minimum Gasteiger partial charge on any atom is -0.387 e. The third-order valence-corrected chi connectivity index (χ3v) is 11.0. The average Bonchev–Trinajstić information content (AvgIpc) is 3.16. The van der Waals surface area contributed by atoms with Crippen LogP contribution in [-0.4, -0.2) is 73.4 Å². The zero-order valence-corrected chi connectivity index (χ0v) is 38.5. The van der Waals surface area contributed by atoms with Crippen LogP contribution < -0.4 is 5.32 Å². The maximum atomic E-state index is 12.9. The minimum absolute atomic E-state index is 0.0491. The number of quaternary nitrogens is 1. The molecule has 0 aliphatic carbocycles. The van der Waals surface area contributed by atoms with E-state index in [1.165, 1.54) is 116 Å². The lowest BCUT2D eigenvalue weighted by atomic mass is 10.0. The van der Waals surface area contributed by atoms with Crippen molar-refractivity contribution in [3.05, 3.63) is 60.8 Å². The number of aliphatic hydroxyl groups is 1. The number of rotatable bonds is 41. The Morgan fingerprint density at radius 3 is 1.46 bits per heavy atom. The third kappa shape index (κ3) is 42.1. The van der Waals surface area contributed by atoms with Gasteiger partial charge in [0.25, 0.3) is 0 Å². The number of allylic oxidation sites excluding steroid dienone is 9. The molecule has 0 aromatic heterocycles. The molecule has 8 nitrogen and oxygen atoms in total. The van der Waals surface area contributed by atoms with Gasteiger partial charge in [0.1, 0.15) is 13.2 Å². The number of nitrogens with zero attached hydrogens (tertiary/aromatic N) is 1. The second-order valence-electron chi connectivity index (χ2n) is 16.8. The van der Waals surface area contributed by atoms with Gasteiger partial charge in [-0.05, 0) is 57.8 Å². The van der Waals surface area contributed by atoms with Crippen LogP contribution in [0.5, 0.6) is 0 Å². The Kier molecular flexibility index (Phi) is 38.4. The predicted octanol–water partition coefficient (Wildman–Crippen LogP) is 13.0. The van der Waals surface area contributed by atoms with E-state index in [1.807, 2.05) is 27.2 Å². The lowest BCUT2D eigenvalue weighted by Crippen LogP contribution is -2.45. The number of hydrogen-bond acceptors (Lipinski definition) is 5. The van der Waals surface area contributed by atoms with E-state index in [-0.39, 0.29) is 25.5 Å². The van der Waals surface area contributed by atoms with Crippen molar-refractivity contribution in [2.24, 2.45) is 0 Å². The maximum Gasteiger partial charge on any atom is 0.472 e. The van der Waals surface area contributed by atoms with Crippen LogP contribution in [0.15, 0.2) is 60.8 Å². The summed E-state index contributed by atoms with van der Waals surface area (Å²) in [5.74, 6) is -0.233. The van der Waals surface area contributed by atoms with Crippen LogP contribution in [0.3, 0.4) is 0 Å². The number of carbonyl (C=O) groups excluding carboxylic acids is 1. The maximum absolute atomic E-state index is 12.9. The van der Waals surface area contributed by atoms with Crippen molar-refractivity contribution in [3.63, 3.8) is 0 Å². The lowest BCUT2D eigenvalue weighted by Gasteiger charge is -2.25. The molecule has 0 radical (unpaired) electrons. The van der Waals surface area contributed by atoms with Crippen LogP contribution in [0.4, 0.5) is 0 Å². The van der Waals surface area contributed by atoms with Crippen LogP contribution in [-0.2, 0) is 18.4 Å². The summed E-state index contributed by atoms with van der Waals surface area (Å²) in [4.78, 5) is 23.1. The van der Waals surface area contributed by atoms with E-state index in [0.29, 0.717) is 17.4 Å². The van der Waals surface area contributed by atoms with Crippen LogP contribution in [0.1, 0.15) is 187 Å². The Balaban J connectivity index is 4.50. The number of amides is 1. The molecule has 0 saturated carbocycles. The van der Waals surface area contributed by atoms with E-state index in [9.17, 15) is 19.4 Å². The largest absolute Gasteiger partial charge is 0.472 e. The summed E-state index contributed by atoms with van der Waals surface area (Å²) < 4.78 is 23.5. The Bertz CT molecular complexity index is 1110. The van der Waals surface area contributed by atoms with E-state index < -0.39 is 20.0 Å². The minimum atomic E-state index is -4.35. The van der Waals surface area contributed by atoms with Gasteiger partial charge >= 0.3 is 7.82 Å². The lowest BCUT2D eigenvalue weighted by molar-refractivity contribution is -0.870. The summed E-state index contributed by atoms with van der Waals surface area (Å²) in [5.41, 5.74) is 0. The summed E-state index contributed by atoms with van der Waals surface area (Å²) in [5, 5.41) is 13.8. The molecule has 3 N–H and O–H groups in total. The van der Waals surface area contributed by atoms with Gasteiger partial charge in [0.05, 0.1) is 39.9 Å². The third-order valence-electron chi connectivity index (χ3n) is 9.98. The molecular formula is C48H90N2O6P+. The van der Waals surface area contributed by atoms with Gasteiger partial charge in [0, 0.05) is 6.42 Å². The van der Waals surface area contributed by atoms with Gasteiger partial charge in [0.15, 0.2) is 0 Å². The van der Waals surface area contributed by atoms with Crippen molar-refractivity contribution in [1.29, 1.82) is 0 Å². The van der Waals surface area contributed by atoms with Gasteiger partial charge in [-0.1, -0.05) is 184 Å². The first-order valence-corrected chi connectivity index (χ1v) is 24.7. The molecule has 332 valence electrons. The fourth-order valence-electron chi connectivity index (χ4n) is 6.27. The van der Waals surface area contributed by atoms with Crippen molar-refractivity contribution >= 4 is 13.7 Å². The topological polar surface area (TPSA) is 105 Å². The number of hydrogen-bond donors (Lipinski definition) is 3. The van der Waals surface area contributed by atoms with Crippen molar-refractivity contribution in [2.75, 3.05) is 40.9 Å². The van der Waals surface area contributed by atoms with Gasteiger partial charge < -0.3 is 19.8 Å². The first-order valence-electron chi connectivity index (χ1n) is 23.2. The summed E-state index contributed by atoms with van der Waals surface area (Å²) in [6.07, 6.45) is 51.6. The number of nitrogens with one attached hydrogen (secondary N) is 1. The molecule has 0 saturated heterocycles. The van der Waals surface area contributed by atoms with Crippen molar-refractivity contribution in [2.45, 2.75) is 199 Å². The summed E-state index contributed by atoms with van der Waals surface area (Å²) in [6, 6.07) is -0.876. The fourth-order valence-corrected chi connectivity index (χ4v) is 7.00. The molecule has 1 unspecified atom stereocenters. The van der Waals surface area contributed by atoms with Crippen molar-refractivity contribution in [3.8, 4) is 0 Å². The number of aliphatic hydroxyl groups excluding tert-OH is 1. The second kappa shape index (κ2) is 39.6. The van der Waals surface area contributed by atoms with Gasteiger partial charge in [-0.25, -0.2) is 4.57 Å². The van der Waals surface area contributed by atoms with E-state index in [0.717, 1.165) is 44.9 Å². The average molecular weight is 822 g/mol. The molecule has 0 rings (SSSR count). The van der Waals surface area contributed by atoms with Gasteiger partial charge in [-0.2, -0.15) is 0 Å². The SMILES string of the molecule is CCCCCCCCC/C=C/C/C=C/C/C=C/C/C=C/CCCC(=O)N[C@@H](COP(=O)(O)OCC[N+](C)(C)C)[C@H](O)/C=C/CCCCCCCCCCCCCC. The highest BCUT2D eigenvalue weighted by Gasteiger charge is 2.27. The normalized spacial score (nSPS) is 14.9. The highest BCUT2D eigenvalue weighted by atomic mass is 31.2. The Morgan fingerprint density at radius 1 is 0.596 bits per heavy atom. The highest BCUT2D eigenvalue weighted by molar-refractivity contribution is 7.47. The van der Waals surface area contributed by atoms with E-state index in [4.69, 9.17) is 9.05 Å². The van der Waals surface area contributed by atoms with Crippen LogP contribution in [0.2, 0.25) is 0 Å². The molecule has 0 aliphatic heterocycles. The number of carbonyl (C=O) groups is 1. The molecule has 0 fully saturated rings. The Labute approximate surface area is 351 Å². The number of phosphoric ester groups is 1.